The first-order valence-electron chi connectivity index (χ1n) is 5.91. The fourth-order valence-corrected chi connectivity index (χ4v) is 1.72. The van der Waals surface area contributed by atoms with Gasteiger partial charge in [-0.3, -0.25) is 4.79 Å². The second-order valence-electron chi connectivity index (χ2n) is 4.56. The minimum absolute atomic E-state index is 0.0724. The minimum atomic E-state index is -0.0724. The summed E-state index contributed by atoms with van der Waals surface area (Å²) < 4.78 is 5.73. The summed E-state index contributed by atoms with van der Waals surface area (Å²) in [6.45, 7) is 5.01. The van der Waals surface area contributed by atoms with Crippen LogP contribution >= 0.6 is 0 Å². The highest BCUT2D eigenvalue weighted by molar-refractivity contribution is 5.87. The van der Waals surface area contributed by atoms with Crippen molar-refractivity contribution < 1.29 is 4.74 Å². The standard InChI is InChI=1S/C14H17NO2/c1-10(2)7-9-17-13-5-3-4-12-11(13)6-8-15-14(12)16/h3-6,8,10H,7,9H2,1-2H3,(H,15,16). The number of aromatic nitrogens is 1. The molecule has 0 spiro atoms. The van der Waals surface area contributed by atoms with Gasteiger partial charge in [-0.1, -0.05) is 19.9 Å². The van der Waals surface area contributed by atoms with E-state index in [-0.39, 0.29) is 5.56 Å². The van der Waals surface area contributed by atoms with E-state index in [4.69, 9.17) is 4.74 Å². The largest absolute Gasteiger partial charge is 0.493 e. The van der Waals surface area contributed by atoms with Gasteiger partial charge in [0, 0.05) is 11.6 Å². The quantitative estimate of drug-likeness (QED) is 0.879. The predicted octanol–water partition coefficient (Wildman–Crippen LogP) is 2.95. The third-order valence-corrected chi connectivity index (χ3v) is 2.73. The lowest BCUT2D eigenvalue weighted by atomic mass is 10.1. The van der Waals surface area contributed by atoms with Gasteiger partial charge in [0.2, 0.25) is 0 Å². The molecular formula is C14H17NO2. The van der Waals surface area contributed by atoms with Crippen LogP contribution in [0, 0.1) is 5.92 Å². The summed E-state index contributed by atoms with van der Waals surface area (Å²) in [6.07, 6.45) is 2.67. The summed E-state index contributed by atoms with van der Waals surface area (Å²) in [6, 6.07) is 7.44. The van der Waals surface area contributed by atoms with Crippen molar-refractivity contribution in [1.82, 2.24) is 4.98 Å². The molecule has 0 aliphatic rings. The number of H-pyrrole nitrogens is 1. The molecule has 0 amide bonds. The van der Waals surface area contributed by atoms with E-state index in [9.17, 15) is 4.79 Å². The zero-order valence-electron chi connectivity index (χ0n) is 10.2. The maximum Gasteiger partial charge on any atom is 0.255 e. The molecule has 0 fully saturated rings. The highest BCUT2D eigenvalue weighted by Gasteiger charge is 2.04. The Bertz CT molecular complexity index is 557. The summed E-state index contributed by atoms with van der Waals surface area (Å²) in [5, 5.41) is 1.55. The monoisotopic (exact) mass is 231 g/mol. The van der Waals surface area contributed by atoms with Crippen molar-refractivity contribution >= 4 is 10.8 Å². The van der Waals surface area contributed by atoms with E-state index in [0.29, 0.717) is 17.9 Å². The zero-order chi connectivity index (χ0) is 12.3. The summed E-state index contributed by atoms with van der Waals surface area (Å²) in [7, 11) is 0. The summed E-state index contributed by atoms with van der Waals surface area (Å²) in [5.41, 5.74) is -0.0724. The molecule has 0 aliphatic carbocycles. The number of aromatic amines is 1. The number of ether oxygens (including phenoxy) is 1. The van der Waals surface area contributed by atoms with Gasteiger partial charge in [0.25, 0.3) is 5.56 Å². The Hall–Kier alpha value is -1.77. The Morgan fingerprint density at radius 2 is 2.06 bits per heavy atom. The first-order valence-corrected chi connectivity index (χ1v) is 5.91. The van der Waals surface area contributed by atoms with E-state index >= 15 is 0 Å². The second kappa shape index (κ2) is 5.04. The maximum absolute atomic E-state index is 11.6. The molecule has 1 aromatic heterocycles. The fraction of sp³-hybridized carbons (Fsp3) is 0.357. The number of rotatable bonds is 4. The molecule has 0 radical (unpaired) electrons. The molecule has 2 rings (SSSR count). The van der Waals surface area contributed by atoms with Crippen molar-refractivity contribution in [1.29, 1.82) is 0 Å². The SMILES string of the molecule is CC(C)CCOc1cccc2c(=O)[nH]ccc12. The molecule has 90 valence electrons. The Morgan fingerprint density at radius 1 is 1.24 bits per heavy atom. The first-order chi connectivity index (χ1) is 8.18. The van der Waals surface area contributed by atoms with Gasteiger partial charge in [0.15, 0.2) is 0 Å². The molecule has 1 N–H and O–H groups in total. The summed E-state index contributed by atoms with van der Waals surface area (Å²) >= 11 is 0. The van der Waals surface area contributed by atoms with Crippen LogP contribution in [0.25, 0.3) is 10.8 Å². The van der Waals surface area contributed by atoms with Crippen LogP contribution in [-0.2, 0) is 0 Å². The Balaban J connectivity index is 2.29. The number of fused-ring (bicyclic) bond motifs is 1. The summed E-state index contributed by atoms with van der Waals surface area (Å²) in [4.78, 5) is 14.3. The highest BCUT2D eigenvalue weighted by Crippen LogP contribution is 2.22. The molecule has 0 atom stereocenters. The lowest BCUT2D eigenvalue weighted by molar-refractivity contribution is 0.292. The molecule has 2 aromatic rings. The van der Waals surface area contributed by atoms with Crippen LogP contribution in [0.4, 0.5) is 0 Å². The molecular weight excluding hydrogens is 214 g/mol. The zero-order valence-corrected chi connectivity index (χ0v) is 10.2. The first kappa shape index (κ1) is 11.7. The average molecular weight is 231 g/mol. The number of hydrogen-bond donors (Lipinski definition) is 1. The van der Waals surface area contributed by atoms with Gasteiger partial charge < -0.3 is 9.72 Å². The van der Waals surface area contributed by atoms with Crippen LogP contribution in [0.15, 0.2) is 35.3 Å². The molecule has 17 heavy (non-hydrogen) atoms. The topological polar surface area (TPSA) is 42.1 Å². The van der Waals surface area contributed by atoms with Crippen LogP contribution in [0.2, 0.25) is 0 Å². The smallest absolute Gasteiger partial charge is 0.255 e. The Morgan fingerprint density at radius 3 is 2.82 bits per heavy atom. The molecule has 0 bridgehead atoms. The molecule has 0 saturated carbocycles. The lowest BCUT2D eigenvalue weighted by Gasteiger charge is -2.10. The van der Waals surface area contributed by atoms with Crippen LogP contribution in [0.3, 0.4) is 0 Å². The van der Waals surface area contributed by atoms with Crippen molar-refractivity contribution in [2.45, 2.75) is 20.3 Å². The number of benzene rings is 1. The van der Waals surface area contributed by atoms with Crippen LogP contribution in [-0.4, -0.2) is 11.6 Å². The van der Waals surface area contributed by atoms with Gasteiger partial charge in [-0.05, 0) is 30.5 Å². The van der Waals surface area contributed by atoms with Gasteiger partial charge in [0.05, 0.1) is 12.0 Å². The van der Waals surface area contributed by atoms with Crippen molar-refractivity contribution in [2.24, 2.45) is 5.92 Å². The van der Waals surface area contributed by atoms with Gasteiger partial charge >= 0.3 is 0 Å². The van der Waals surface area contributed by atoms with Crippen LogP contribution in [0.1, 0.15) is 20.3 Å². The number of hydrogen-bond acceptors (Lipinski definition) is 2. The van der Waals surface area contributed by atoms with Gasteiger partial charge in [-0.2, -0.15) is 0 Å². The second-order valence-corrected chi connectivity index (χ2v) is 4.56. The van der Waals surface area contributed by atoms with Crippen LogP contribution < -0.4 is 10.3 Å². The van der Waals surface area contributed by atoms with Gasteiger partial charge in [0.1, 0.15) is 5.75 Å². The maximum atomic E-state index is 11.6. The third kappa shape index (κ3) is 2.67. The van der Waals surface area contributed by atoms with E-state index in [1.807, 2.05) is 24.3 Å². The third-order valence-electron chi connectivity index (χ3n) is 2.73. The molecule has 1 aromatic carbocycles. The van der Waals surface area contributed by atoms with E-state index in [0.717, 1.165) is 17.6 Å². The van der Waals surface area contributed by atoms with Gasteiger partial charge in [-0.15, -0.1) is 0 Å². The molecule has 0 aliphatic heterocycles. The highest BCUT2D eigenvalue weighted by atomic mass is 16.5. The normalized spacial score (nSPS) is 11.0. The molecule has 0 unspecified atom stereocenters. The Labute approximate surface area is 100 Å². The molecule has 1 heterocycles. The molecule has 3 heteroatoms. The van der Waals surface area contributed by atoms with Crippen molar-refractivity contribution in [3.05, 3.63) is 40.8 Å². The van der Waals surface area contributed by atoms with E-state index in [1.54, 1.807) is 6.20 Å². The molecule has 0 saturated heterocycles. The number of pyridine rings is 1. The van der Waals surface area contributed by atoms with E-state index in [1.165, 1.54) is 0 Å². The average Bonchev–Trinajstić information content (AvgIpc) is 2.30. The molecule has 3 nitrogen and oxygen atoms in total. The lowest BCUT2D eigenvalue weighted by Crippen LogP contribution is -2.06. The van der Waals surface area contributed by atoms with Gasteiger partial charge in [-0.25, -0.2) is 0 Å². The van der Waals surface area contributed by atoms with Crippen molar-refractivity contribution in [3.63, 3.8) is 0 Å². The fourth-order valence-electron chi connectivity index (χ4n) is 1.72. The van der Waals surface area contributed by atoms with E-state index < -0.39 is 0 Å². The predicted molar refractivity (Wildman–Crippen MR) is 69.5 cm³/mol. The Kier molecular flexibility index (Phi) is 3.47. The van der Waals surface area contributed by atoms with Crippen molar-refractivity contribution in [2.75, 3.05) is 6.61 Å². The van der Waals surface area contributed by atoms with Crippen molar-refractivity contribution in [3.8, 4) is 5.75 Å². The van der Waals surface area contributed by atoms with E-state index in [2.05, 4.69) is 18.8 Å². The summed E-state index contributed by atoms with van der Waals surface area (Å²) in [5.74, 6) is 1.41. The number of nitrogens with one attached hydrogen (secondary N) is 1. The minimum Gasteiger partial charge on any atom is -0.493 e. The van der Waals surface area contributed by atoms with Crippen LogP contribution in [0.5, 0.6) is 5.75 Å².